The normalized spacial score (nSPS) is 26.8. The van der Waals surface area contributed by atoms with E-state index in [9.17, 15) is 14.4 Å². The van der Waals surface area contributed by atoms with Gasteiger partial charge >= 0.3 is 6.03 Å². The fraction of sp³-hybridized carbons (Fsp3) is 0.500. The molecule has 2 aliphatic rings. The van der Waals surface area contributed by atoms with Crippen LogP contribution in [0, 0.1) is 0 Å². The first-order chi connectivity index (χ1) is 11.8. The van der Waals surface area contributed by atoms with Gasteiger partial charge in [-0.25, -0.2) is 4.79 Å². The van der Waals surface area contributed by atoms with Crippen LogP contribution in [0.2, 0.25) is 5.02 Å². The summed E-state index contributed by atoms with van der Waals surface area (Å²) in [6, 6.07) is 6.36. The maximum Gasteiger partial charge on any atom is 0.325 e. The first-order valence-electron chi connectivity index (χ1n) is 8.52. The number of amides is 4. The van der Waals surface area contributed by atoms with Crippen molar-refractivity contribution in [2.45, 2.75) is 44.7 Å². The van der Waals surface area contributed by atoms with Gasteiger partial charge in [-0.2, -0.15) is 0 Å². The molecular formula is C18H22ClN3O3. The molecule has 2 saturated heterocycles. The van der Waals surface area contributed by atoms with Crippen LogP contribution in [-0.2, 0) is 15.1 Å². The predicted octanol–water partition coefficient (Wildman–Crippen LogP) is 2.51. The summed E-state index contributed by atoms with van der Waals surface area (Å²) >= 11 is 5.89. The summed E-state index contributed by atoms with van der Waals surface area (Å²) in [5, 5.41) is 3.26. The minimum Gasteiger partial charge on any atom is -0.338 e. The summed E-state index contributed by atoms with van der Waals surface area (Å²) in [5.74, 6) is -0.603. The Bertz CT molecular complexity index is 706. The Kier molecular flexibility index (Phi) is 4.73. The van der Waals surface area contributed by atoms with Crippen LogP contribution in [-0.4, -0.2) is 46.8 Å². The van der Waals surface area contributed by atoms with Crippen LogP contribution in [0.3, 0.4) is 0 Å². The van der Waals surface area contributed by atoms with Gasteiger partial charge in [0.05, 0.1) is 0 Å². The summed E-state index contributed by atoms with van der Waals surface area (Å²) in [4.78, 5) is 40.6. The van der Waals surface area contributed by atoms with Gasteiger partial charge in [-0.05, 0) is 50.8 Å². The van der Waals surface area contributed by atoms with E-state index in [4.69, 9.17) is 11.6 Å². The highest BCUT2D eigenvalue weighted by atomic mass is 35.5. The van der Waals surface area contributed by atoms with Crippen LogP contribution in [0.25, 0.3) is 0 Å². The largest absolute Gasteiger partial charge is 0.338 e. The molecule has 0 unspecified atom stereocenters. The van der Waals surface area contributed by atoms with Gasteiger partial charge < -0.3 is 10.2 Å². The van der Waals surface area contributed by atoms with Gasteiger partial charge in [0, 0.05) is 17.6 Å². The molecule has 7 heteroatoms. The van der Waals surface area contributed by atoms with Gasteiger partial charge in [0.1, 0.15) is 12.1 Å². The van der Waals surface area contributed by atoms with Crippen molar-refractivity contribution in [1.82, 2.24) is 15.1 Å². The predicted molar refractivity (Wildman–Crippen MR) is 94.1 cm³/mol. The van der Waals surface area contributed by atoms with Crippen molar-refractivity contribution in [3.8, 4) is 0 Å². The number of carbonyl (C=O) groups is 3. The van der Waals surface area contributed by atoms with Gasteiger partial charge in [0.2, 0.25) is 5.91 Å². The Morgan fingerprint density at radius 1 is 1.28 bits per heavy atom. The van der Waals surface area contributed by atoms with E-state index in [0.29, 0.717) is 17.1 Å². The molecule has 134 valence electrons. The molecule has 0 radical (unpaired) electrons. The van der Waals surface area contributed by atoms with E-state index in [2.05, 4.69) is 5.32 Å². The number of piperidine rings is 1. The highest BCUT2D eigenvalue weighted by molar-refractivity contribution is 6.30. The van der Waals surface area contributed by atoms with Crippen molar-refractivity contribution in [2.24, 2.45) is 0 Å². The molecule has 0 saturated carbocycles. The summed E-state index contributed by atoms with van der Waals surface area (Å²) in [6.45, 7) is 4.10. The number of urea groups is 1. The van der Waals surface area contributed by atoms with Crippen LogP contribution in [0.4, 0.5) is 4.79 Å². The summed E-state index contributed by atoms with van der Waals surface area (Å²) in [6.07, 6.45) is 3.01. The molecule has 2 atom stereocenters. The number of nitrogens with zero attached hydrogens (tertiary/aromatic N) is 2. The van der Waals surface area contributed by atoms with Crippen molar-refractivity contribution in [3.63, 3.8) is 0 Å². The molecule has 1 N–H and O–H groups in total. The molecule has 2 fully saturated rings. The minimum atomic E-state index is -1.19. The highest BCUT2D eigenvalue weighted by Gasteiger charge is 2.49. The van der Waals surface area contributed by atoms with Gasteiger partial charge in [-0.1, -0.05) is 23.7 Å². The van der Waals surface area contributed by atoms with E-state index in [0.717, 1.165) is 24.2 Å². The van der Waals surface area contributed by atoms with Crippen LogP contribution in [0.5, 0.6) is 0 Å². The maximum absolute atomic E-state index is 12.9. The molecule has 6 nitrogen and oxygen atoms in total. The molecular weight excluding hydrogens is 342 g/mol. The number of hydrogen-bond donors (Lipinski definition) is 1. The smallest absolute Gasteiger partial charge is 0.325 e. The first kappa shape index (κ1) is 17.7. The molecule has 2 aliphatic heterocycles. The molecule has 4 amide bonds. The Morgan fingerprint density at radius 3 is 2.60 bits per heavy atom. The first-order valence-corrected chi connectivity index (χ1v) is 8.90. The number of benzene rings is 1. The second-order valence-electron chi connectivity index (χ2n) is 6.89. The van der Waals surface area contributed by atoms with Gasteiger partial charge in [0.25, 0.3) is 5.91 Å². The zero-order chi connectivity index (χ0) is 18.2. The average molecular weight is 364 g/mol. The van der Waals surface area contributed by atoms with Crippen LogP contribution < -0.4 is 5.32 Å². The van der Waals surface area contributed by atoms with E-state index in [1.807, 2.05) is 6.92 Å². The van der Waals surface area contributed by atoms with Crippen molar-refractivity contribution >= 4 is 29.4 Å². The monoisotopic (exact) mass is 363 g/mol. The topological polar surface area (TPSA) is 69.7 Å². The number of halogens is 1. The highest BCUT2D eigenvalue weighted by Crippen LogP contribution is 2.30. The standard InChI is InChI=1S/C18H22ClN3O3/c1-12-5-3-4-10-21(12)15(23)11-22-16(24)18(2,20-17(22)25)13-6-8-14(19)9-7-13/h6-9,12H,3-5,10-11H2,1-2H3,(H,20,25)/t12-,18-/m1/s1. The quantitative estimate of drug-likeness (QED) is 0.839. The lowest BCUT2D eigenvalue weighted by atomic mass is 9.92. The van der Waals surface area contributed by atoms with Gasteiger partial charge in [-0.15, -0.1) is 0 Å². The van der Waals surface area contributed by atoms with Gasteiger partial charge in [-0.3, -0.25) is 14.5 Å². The molecule has 1 aromatic rings. The van der Waals surface area contributed by atoms with E-state index in [1.165, 1.54) is 0 Å². The second-order valence-corrected chi connectivity index (χ2v) is 7.32. The third-order valence-electron chi connectivity index (χ3n) is 5.11. The van der Waals surface area contributed by atoms with Crippen molar-refractivity contribution in [1.29, 1.82) is 0 Å². The summed E-state index contributed by atoms with van der Waals surface area (Å²) in [7, 11) is 0. The average Bonchev–Trinajstić information content (AvgIpc) is 2.80. The summed E-state index contributed by atoms with van der Waals surface area (Å²) < 4.78 is 0. The minimum absolute atomic E-state index is 0.143. The lowest BCUT2D eigenvalue weighted by Crippen LogP contribution is -2.48. The number of likely N-dealkylation sites (tertiary alicyclic amines) is 1. The summed E-state index contributed by atoms with van der Waals surface area (Å²) in [5.41, 5.74) is -0.549. The number of nitrogens with one attached hydrogen (secondary N) is 1. The van der Waals surface area contributed by atoms with Crippen LogP contribution in [0.1, 0.15) is 38.7 Å². The van der Waals surface area contributed by atoms with Gasteiger partial charge in [0.15, 0.2) is 0 Å². The number of hydrogen-bond acceptors (Lipinski definition) is 3. The van der Waals surface area contributed by atoms with Crippen molar-refractivity contribution in [3.05, 3.63) is 34.9 Å². The molecule has 3 rings (SSSR count). The molecule has 0 spiro atoms. The molecule has 2 heterocycles. The zero-order valence-electron chi connectivity index (χ0n) is 14.4. The van der Waals surface area contributed by atoms with Crippen LogP contribution >= 0.6 is 11.6 Å². The molecule has 0 aromatic heterocycles. The Morgan fingerprint density at radius 2 is 1.96 bits per heavy atom. The number of rotatable bonds is 3. The second kappa shape index (κ2) is 6.67. The third-order valence-corrected chi connectivity index (χ3v) is 5.37. The van der Waals surface area contributed by atoms with Crippen molar-refractivity contribution < 1.29 is 14.4 Å². The number of carbonyl (C=O) groups excluding carboxylic acids is 3. The van der Waals surface area contributed by atoms with E-state index in [-0.39, 0.29) is 18.5 Å². The fourth-order valence-corrected chi connectivity index (χ4v) is 3.64. The van der Waals surface area contributed by atoms with E-state index < -0.39 is 17.5 Å². The third kappa shape index (κ3) is 3.23. The van der Waals surface area contributed by atoms with E-state index >= 15 is 0 Å². The molecule has 25 heavy (non-hydrogen) atoms. The SMILES string of the molecule is C[C@@H]1CCCCN1C(=O)CN1C(=O)N[C@](C)(c2ccc(Cl)cc2)C1=O. The zero-order valence-corrected chi connectivity index (χ0v) is 15.2. The lowest BCUT2D eigenvalue weighted by molar-refractivity contribution is -0.140. The van der Waals surface area contributed by atoms with E-state index in [1.54, 1.807) is 36.1 Å². The Hall–Kier alpha value is -2.08. The Labute approximate surface area is 152 Å². The Balaban J connectivity index is 1.77. The van der Waals surface area contributed by atoms with Crippen LogP contribution in [0.15, 0.2) is 24.3 Å². The molecule has 1 aromatic carbocycles. The molecule has 0 bridgehead atoms. The number of imide groups is 1. The maximum atomic E-state index is 12.9. The van der Waals surface area contributed by atoms with Crippen molar-refractivity contribution in [2.75, 3.05) is 13.1 Å². The fourth-order valence-electron chi connectivity index (χ4n) is 3.51. The molecule has 0 aliphatic carbocycles. The lowest BCUT2D eigenvalue weighted by Gasteiger charge is -2.34.